The number of para-hydroxylation sites is 1. The minimum atomic E-state index is 0.222. The first kappa shape index (κ1) is 13.3. The Bertz CT molecular complexity index is 723. The maximum absolute atomic E-state index is 12.3. The van der Waals surface area contributed by atoms with Gasteiger partial charge in [0.15, 0.2) is 0 Å². The molecule has 2 aromatic rings. The Morgan fingerprint density at radius 3 is 2.68 bits per heavy atom. The highest BCUT2D eigenvalue weighted by Gasteiger charge is 2.38. The summed E-state index contributed by atoms with van der Waals surface area (Å²) in [5, 5.41) is 0. The Labute approximate surface area is 130 Å². The molecule has 0 radical (unpaired) electrons. The fourth-order valence-corrected chi connectivity index (χ4v) is 3.55. The molecule has 1 fully saturated rings. The number of carbonyl (C=O) groups excluding carboxylic acids is 1. The van der Waals surface area contributed by atoms with Crippen LogP contribution in [0, 0.1) is 0 Å². The van der Waals surface area contributed by atoms with E-state index < -0.39 is 0 Å². The van der Waals surface area contributed by atoms with Crippen LogP contribution < -0.4 is 0 Å². The maximum atomic E-state index is 12.3. The molecule has 2 aromatic carbocycles. The Morgan fingerprint density at radius 1 is 1.05 bits per heavy atom. The highest BCUT2D eigenvalue weighted by molar-refractivity contribution is 5.85. The first-order valence-electron chi connectivity index (χ1n) is 7.79. The summed E-state index contributed by atoms with van der Waals surface area (Å²) in [5.74, 6) is 0.484. The number of amides is 1. The predicted octanol–water partition coefficient (Wildman–Crippen LogP) is 3.68. The SMILES string of the molecule is O=C1CC[C@H](C2C=Nc3ccccc32)N1Cc1ccccc1. The van der Waals surface area contributed by atoms with Gasteiger partial charge >= 0.3 is 0 Å². The molecule has 1 saturated heterocycles. The lowest BCUT2D eigenvalue weighted by Crippen LogP contribution is -2.36. The molecule has 110 valence electrons. The molecule has 1 amide bonds. The number of fused-ring (bicyclic) bond motifs is 1. The Hall–Kier alpha value is -2.42. The first-order valence-corrected chi connectivity index (χ1v) is 7.79. The van der Waals surface area contributed by atoms with Gasteiger partial charge in [-0.3, -0.25) is 9.79 Å². The quantitative estimate of drug-likeness (QED) is 0.848. The number of rotatable bonds is 3. The number of aliphatic imine (C=N–C) groups is 1. The Kier molecular flexibility index (Phi) is 3.26. The summed E-state index contributed by atoms with van der Waals surface area (Å²) >= 11 is 0. The first-order chi connectivity index (χ1) is 10.8. The van der Waals surface area contributed by atoms with Gasteiger partial charge in [0, 0.05) is 31.1 Å². The smallest absolute Gasteiger partial charge is 0.223 e. The monoisotopic (exact) mass is 290 g/mol. The van der Waals surface area contributed by atoms with Crippen molar-refractivity contribution in [3.63, 3.8) is 0 Å². The largest absolute Gasteiger partial charge is 0.334 e. The van der Waals surface area contributed by atoms with Crippen LogP contribution in [0.1, 0.15) is 29.9 Å². The van der Waals surface area contributed by atoms with Crippen molar-refractivity contribution >= 4 is 17.8 Å². The summed E-state index contributed by atoms with van der Waals surface area (Å²) in [6.45, 7) is 0.691. The zero-order valence-electron chi connectivity index (χ0n) is 12.4. The van der Waals surface area contributed by atoms with Crippen molar-refractivity contribution < 1.29 is 4.79 Å². The summed E-state index contributed by atoms with van der Waals surface area (Å²) in [6, 6.07) is 18.7. The molecule has 22 heavy (non-hydrogen) atoms. The number of carbonyl (C=O) groups is 1. The van der Waals surface area contributed by atoms with E-state index in [0.29, 0.717) is 13.0 Å². The second-order valence-electron chi connectivity index (χ2n) is 5.98. The third-order valence-corrected chi connectivity index (χ3v) is 4.66. The minimum Gasteiger partial charge on any atom is -0.334 e. The van der Waals surface area contributed by atoms with Crippen molar-refractivity contribution in [3.05, 3.63) is 65.7 Å². The molecular formula is C19H18N2O. The molecule has 2 heterocycles. The second kappa shape index (κ2) is 5.41. The van der Waals surface area contributed by atoms with E-state index in [4.69, 9.17) is 0 Å². The summed E-state index contributed by atoms with van der Waals surface area (Å²) in [4.78, 5) is 18.9. The van der Waals surface area contributed by atoms with E-state index >= 15 is 0 Å². The van der Waals surface area contributed by atoms with Gasteiger partial charge in [0.05, 0.1) is 5.69 Å². The molecule has 0 N–H and O–H groups in total. The van der Waals surface area contributed by atoms with Gasteiger partial charge in [-0.25, -0.2) is 0 Å². The number of nitrogens with zero attached hydrogens (tertiary/aromatic N) is 2. The van der Waals surface area contributed by atoms with Gasteiger partial charge < -0.3 is 4.90 Å². The molecule has 3 heteroatoms. The lowest BCUT2D eigenvalue weighted by Gasteiger charge is -2.29. The van der Waals surface area contributed by atoms with Crippen molar-refractivity contribution in [1.82, 2.24) is 4.90 Å². The number of hydrogen-bond donors (Lipinski definition) is 0. The number of hydrogen-bond acceptors (Lipinski definition) is 2. The van der Waals surface area contributed by atoms with E-state index in [1.54, 1.807) is 0 Å². The van der Waals surface area contributed by atoms with Crippen LogP contribution in [0.5, 0.6) is 0 Å². The zero-order valence-corrected chi connectivity index (χ0v) is 12.4. The van der Waals surface area contributed by atoms with Crippen molar-refractivity contribution in [1.29, 1.82) is 0 Å². The summed E-state index contributed by atoms with van der Waals surface area (Å²) in [6.07, 6.45) is 3.58. The maximum Gasteiger partial charge on any atom is 0.223 e. The lowest BCUT2D eigenvalue weighted by molar-refractivity contribution is -0.129. The molecule has 2 atom stereocenters. The van der Waals surface area contributed by atoms with Crippen LogP contribution in [0.15, 0.2) is 59.6 Å². The van der Waals surface area contributed by atoms with E-state index in [2.05, 4.69) is 29.3 Å². The van der Waals surface area contributed by atoms with Crippen LogP contribution in [-0.2, 0) is 11.3 Å². The average Bonchev–Trinajstić information content (AvgIpc) is 3.13. The van der Waals surface area contributed by atoms with Crippen LogP contribution in [0.25, 0.3) is 0 Å². The van der Waals surface area contributed by atoms with E-state index in [9.17, 15) is 4.79 Å². The molecule has 3 nitrogen and oxygen atoms in total. The van der Waals surface area contributed by atoms with Crippen LogP contribution in [0.4, 0.5) is 5.69 Å². The second-order valence-corrected chi connectivity index (χ2v) is 5.98. The van der Waals surface area contributed by atoms with Gasteiger partial charge in [-0.05, 0) is 23.6 Å². The van der Waals surface area contributed by atoms with Crippen LogP contribution in [0.3, 0.4) is 0 Å². The van der Waals surface area contributed by atoms with Gasteiger partial charge in [-0.1, -0.05) is 48.5 Å². The highest BCUT2D eigenvalue weighted by atomic mass is 16.2. The normalized spacial score (nSPS) is 23.1. The fraction of sp³-hybridized carbons (Fsp3) is 0.263. The van der Waals surface area contributed by atoms with Gasteiger partial charge in [0.1, 0.15) is 0 Å². The predicted molar refractivity (Wildman–Crippen MR) is 87.3 cm³/mol. The third-order valence-electron chi connectivity index (χ3n) is 4.66. The van der Waals surface area contributed by atoms with Crippen LogP contribution >= 0.6 is 0 Å². The molecule has 2 aliphatic heterocycles. The van der Waals surface area contributed by atoms with E-state index in [1.807, 2.05) is 41.4 Å². The van der Waals surface area contributed by atoms with Gasteiger partial charge in [0.25, 0.3) is 0 Å². The van der Waals surface area contributed by atoms with E-state index in [-0.39, 0.29) is 17.9 Å². The zero-order chi connectivity index (χ0) is 14.9. The topological polar surface area (TPSA) is 32.7 Å². The van der Waals surface area contributed by atoms with E-state index in [1.165, 1.54) is 11.1 Å². The molecule has 4 rings (SSSR count). The summed E-state index contributed by atoms with van der Waals surface area (Å²) in [5.41, 5.74) is 3.48. The van der Waals surface area contributed by atoms with Crippen molar-refractivity contribution in [2.24, 2.45) is 4.99 Å². The number of likely N-dealkylation sites (tertiary alicyclic amines) is 1. The molecule has 0 bridgehead atoms. The van der Waals surface area contributed by atoms with E-state index in [0.717, 1.165) is 12.1 Å². The average molecular weight is 290 g/mol. The Morgan fingerprint density at radius 2 is 1.82 bits per heavy atom. The van der Waals surface area contributed by atoms with Gasteiger partial charge in [0.2, 0.25) is 5.91 Å². The molecule has 2 aliphatic rings. The Balaban J connectivity index is 1.61. The fourth-order valence-electron chi connectivity index (χ4n) is 3.55. The van der Waals surface area contributed by atoms with Crippen LogP contribution in [-0.4, -0.2) is 23.1 Å². The standard InChI is InChI=1S/C19H18N2O/c22-19-11-10-18(21(19)13-14-6-2-1-3-7-14)16-12-20-17-9-5-4-8-15(16)17/h1-9,12,16,18H,10-11,13H2/t16?,18-/m1/s1. The van der Waals surface area contributed by atoms with Gasteiger partial charge in [-0.2, -0.15) is 0 Å². The van der Waals surface area contributed by atoms with Crippen molar-refractivity contribution in [2.75, 3.05) is 0 Å². The summed E-state index contributed by atoms with van der Waals surface area (Å²) < 4.78 is 0. The molecule has 0 saturated carbocycles. The molecule has 0 spiro atoms. The summed E-state index contributed by atoms with van der Waals surface area (Å²) in [7, 11) is 0. The van der Waals surface area contributed by atoms with Crippen molar-refractivity contribution in [3.8, 4) is 0 Å². The highest BCUT2D eigenvalue weighted by Crippen LogP contribution is 2.39. The van der Waals surface area contributed by atoms with Gasteiger partial charge in [-0.15, -0.1) is 0 Å². The molecule has 0 aromatic heterocycles. The third kappa shape index (κ3) is 2.23. The van der Waals surface area contributed by atoms with Crippen molar-refractivity contribution in [2.45, 2.75) is 31.3 Å². The minimum absolute atomic E-state index is 0.222. The van der Waals surface area contributed by atoms with Crippen LogP contribution in [0.2, 0.25) is 0 Å². The molecule has 1 unspecified atom stereocenters. The molecule has 0 aliphatic carbocycles. The lowest BCUT2D eigenvalue weighted by atomic mass is 9.91. The number of benzene rings is 2. The molecular weight excluding hydrogens is 272 g/mol.